The number of aromatic nitrogens is 2. The van der Waals surface area contributed by atoms with Gasteiger partial charge in [-0.25, -0.2) is 9.97 Å². The molecule has 1 rings (SSSR count). The van der Waals surface area contributed by atoms with Gasteiger partial charge in [0.15, 0.2) is 0 Å². The van der Waals surface area contributed by atoms with Crippen molar-refractivity contribution in [1.29, 1.82) is 0 Å². The van der Waals surface area contributed by atoms with Gasteiger partial charge in [-0.15, -0.1) is 11.8 Å². The van der Waals surface area contributed by atoms with Crippen LogP contribution in [0, 0.1) is 0 Å². The maximum Gasteiger partial charge on any atom is 0.116 e. The van der Waals surface area contributed by atoms with Gasteiger partial charge in [-0.1, -0.05) is 0 Å². The third kappa shape index (κ3) is 4.24. The molecule has 13 heavy (non-hydrogen) atoms. The molecule has 0 aliphatic carbocycles. The quantitative estimate of drug-likeness (QED) is 0.574. The lowest BCUT2D eigenvalue weighted by Gasteiger charge is -2.08. The number of nitrogens with zero attached hydrogens (tertiary/aromatic N) is 2. The molecule has 1 N–H and O–H groups in total. The van der Waals surface area contributed by atoms with Crippen LogP contribution in [0.5, 0.6) is 0 Å². The monoisotopic (exact) mass is 197 g/mol. The van der Waals surface area contributed by atoms with Gasteiger partial charge in [-0.05, 0) is 26.5 Å². The van der Waals surface area contributed by atoms with E-state index in [-0.39, 0.29) is 0 Å². The molecule has 1 aromatic heterocycles. The van der Waals surface area contributed by atoms with Crippen LogP contribution in [0.2, 0.25) is 0 Å². The Morgan fingerprint density at radius 1 is 1.62 bits per heavy atom. The van der Waals surface area contributed by atoms with E-state index < -0.39 is 0 Å². The van der Waals surface area contributed by atoms with Crippen molar-refractivity contribution in [2.45, 2.75) is 24.4 Å². The van der Waals surface area contributed by atoms with Crippen LogP contribution in [0.4, 0.5) is 0 Å². The average molecular weight is 197 g/mol. The summed E-state index contributed by atoms with van der Waals surface area (Å²) in [6, 6.07) is 2.52. The molecule has 0 radical (unpaired) electrons. The Morgan fingerprint density at radius 3 is 3.08 bits per heavy atom. The van der Waals surface area contributed by atoms with Crippen LogP contribution in [0.1, 0.15) is 13.3 Å². The van der Waals surface area contributed by atoms with Crippen LogP contribution in [-0.4, -0.2) is 28.8 Å². The standard InChI is InChI=1S/C9H15N3S/c1-8(10-2)4-6-13-9-3-5-11-7-12-9/h3,5,7-8,10H,4,6H2,1-2H3. The van der Waals surface area contributed by atoms with Crippen molar-refractivity contribution in [2.75, 3.05) is 12.8 Å². The fourth-order valence-corrected chi connectivity index (χ4v) is 1.81. The lowest BCUT2D eigenvalue weighted by atomic mass is 10.3. The summed E-state index contributed by atoms with van der Waals surface area (Å²) < 4.78 is 0. The summed E-state index contributed by atoms with van der Waals surface area (Å²) in [5.41, 5.74) is 0. The maximum absolute atomic E-state index is 4.13. The molecule has 0 fully saturated rings. The minimum atomic E-state index is 0.578. The minimum absolute atomic E-state index is 0.578. The molecule has 0 bridgehead atoms. The van der Waals surface area contributed by atoms with Crippen molar-refractivity contribution in [3.63, 3.8) is 0 Å². The number of hydrogen-bond donors (Lipinski definition) is 1. The molecular weight excluding hydrogens is 182 g/mol. The highest BCUT2D eigenvalue weighted by Crippen LogP contribution is 2.14. The molecule has 1 unspecified atom stereocenters. The van der Waals surface area contributed by atoms with Crippen LogP contribution in [0.25, 0.3) is 0 Å². The van der Waals surface area contributed by atoms with E-state index in [1.54, 1.807) is 24.3 Å². The van der Waals surface area contributed by atoms with Gasteiger partial charge in [-0.3, -0.25) is 0 Å². The van der Waals surface area contributed by atoms with Gasteiger partial charge in [0.05, 0.1) is 5.03 Å². The highest BCUT2D eigenvalue weighted by Gasteiger charge is 1.99. The number of rotatable bonds is 5. The zero-order chi connectivity index (χ0) is 9.52. The van der Waals surface area contributed by atoms with Crippen LogP contribution in [0.15, 0.2) is 23.6 Å². The fourth-order valence-electron chi connectivity index (χ4n) is 0.849. The molecule has 3 nitrogen and oxygen atoms in total. The van der Waals surface area contributed by atoms with Crippen molar-refractivity contribution in [3.8, 4) is 0 Å². The van der Waals surface area contributed by atoms with Crippen molar-refractivity contribution in [3.05, 3.63) is 18.6 Å². The van der Waals surface area contributed by atoms with Crippen LogP contribution in [-0.2, 0) is 0 Å². The predicted octanol–water partition coefficient (Wildman–Crippen LogP) is 1.57. The summed E-state index contributed by atoms with van der Waals surface area (Å²) in [4.78, 5) is 8.00. The van der Waals surface area contributed by atoms with Gasteiger partial charge < -0.3 is 5.32 Å². The lowest BCUT2D eigenvalue weighted by molar-refractivity contribution is 0.597. The van der Waals surface area contributed by atoms with Crippen molar-refractivity contribution < 1.29 is 0 Å². The SMILES string of the molecule is CNC(C)CCSc1ccncn1. The molecule has 0 amide bonds. The molecule has 0 spiro atoms. The van der Waals surface area contributed by atoms with E-state index in [0.717, 1.165) is 17.2 Å². The Kier molecular flexibility index (Phi) is 4.78. The topological polar surface area (TPSA) is 37.8 Å². The summed E-state index contributed by atoms with van der Waals surface area (Å²) >= 11 is 1.77. The summed E-state index contributed by atoms with van der Waals surface area (Å²) in [5, 5.41) is 4.26. The largest absolute Gasteiger partial charge is 0.317 e. The second-order valence-electron chi connectivity index (χ2n) is 2.87. The van der Waals surface area contributed by atoms with Crippen LogP contribution < -0.4 is 5.32 Å². The van der Waals surface area contributed by atoms with E-state index in [4.69, 9.17) is 0 Å². The fraction of sp³-hybridized carbons (Fsp3) is 0.556. The maximum atomic E-state index is 4.13. The van der Waals surface area contributed by atoms with E-state index in [0.29, 0.717) is 6.04 Å². The first-order valence-electron chi connectivity index (χ1n) is 4.39. The molecule has 4 heteroatoms. The Balaban J connectivity index is 2.20. The molecule has 0 aliphatic heterocycles. The van der Waals surface area contributed by atoms with Crippen molar-refractivity contribution >= 4 is 11.8 Å². The third-order valence-corrected chi connectivity index (χ3v) is 2.83. The second-order valence-corrected chi connectivity index (χ2v) is 3.99. The van der Waals surface area contributed by atoms with E-state index >= 15 is 0 Å². The minimum Gasteiger partial charge on any atom is -0.317 e. The average Bonchev–Trinajstić information content (AvgIpc) is 2.19. The van der Waals surface area contributed by atoms with E-state index in [1.165, 1.54) is 0 Å². The van der Waals surface area contributed by atoms with Crippen molar-refractivity contribution in [1.82, 2.24) is 15.3 Å². The third-order valence-electron chi connectivity index (χ3n) is 1.85. The first kappa shape index (κ1) is 10.5. The normalized spacial score (nSPS) is 12.8. The van der Waals surface area contributed by atoms with Gasteiger partial charge in [0.25, 0.3) is 0 Å². The Hall–Kier alpha value is -0.610. The van der Waals surface area contributed by atoms with E-state index in [9.17, 15) is 0 Å². The molecular formula is C9H15N3S. The summed E-state index contributed by atoms with van der Waals surface area (Å²) in [5.74, 6) is 1.10. The van der Waals surface area contributed by atoms with Crippen LogP contribution >= 0.6 is 11.8 Å². The number of hydrogen-bond acceptors (Lipinski definition) is 4. The van der Waals surface area contributed by atoms with E-state index in [2.05, 4.69) is 22.2 Å². The molecule has 72 valence electrons. The second kappa shape index (κ2) is 5.94. The summed E-state index contributed by atoms with van der Waals surface area (Å²) in [6.07, 6.45) is 4.52. The van der Waals surface area contributed by atoms with Gasteiger partial charge in [0, 0.05) is 18.0 Å². The van der Waals surface area contributed by atoms with Gasteiger partial charge in [-0.2, -0.15) is 0 Å². The number of thioether (sulfide) groups is 1. The van der Waals surface area contributed by atoms with Gasteiger partial charge in [0.2, 0.25) is 0 Å². The summed E-state index contributed by atoms with van der Waals surface area (Å²) in [7, 11) is 1.99. The van der Waals surface area contributed by atoms with Gasteiger partial charge in [0.1, 0.15) is 6.33 Å². The van der Waals surface area contributed by atoms with Gasteiger partial charge >= 0.3 is 0 Å². The van der Waals surface area contributed by atoms with Crippen LogP contribution in [0.3, 0.4) is 0 Å². The first-order valence-corrected chi connectivity index (χ1v) is 5.37. The molecule has 1 atom stereocenters. The zero-order valence-corrected chi connectivity index (χ0v) is 8.84. The Bertz CT molecular complexity index is 228. The molecule has 0 saturated heterocycles. The zero-order valence-electron chi connectivity index (χ0n) is 8.03. The highest BCUT2D eigenvalue weighted by atomic mass is 32.2. The predicted molar refractivity (Wildman–Crippen MR) is 55.9 cm³/mol. The van der Waals surface area contributed by atoms with Crippen molar-refractivity contribution in [2.24, 2.45) is 0 Å². The smallest absolute Gasteiger partial charge is 0.116 e. The Morgan fingerprint density at radius 2 is 2.46 bits per heavy atom. The first-order chi connectivity index (χ1) is 6.33. The molecule has 1 aromatic rings. The number of nitrogens with one attached hydrogen (secondary N) is 1. The van der Waals surface area contributed by atoms with E-state index in [1.807, 2.05) is 13.1 Å². The summed E-state index contributed by atoms with van der Waals surface area (Å²) in [6.45, 7) is 2.18. The highest BCUT2D eigenvalue weighted by molar-refractivity contribution is 7.99. The lowest BCUT2D eigenvalue weighted by Crippen LogP contribution is -2.21. The molecule has 0 saturated carbocycles. The Labute approximate surface area is 83.4 Å². The molecule has 0 aliphatic rings. The molecule has 1 heterocycles. The molecule has 0 aromatic carbocycles.